The second kappa shape index (κ2) is 6.22. The number of aryl methyl sites for hydroxylation is 2. The topological polar surface area (TPSA) is 48.1 Å². The van der Waals surface area contributed by atoms with Crippen LogP contribution in [-0.2, 0) is 6.42 Å². The molecule has 0 spiro atoms. The summed E-state index contributed by atoms with van der Waals surface area (Å²) in [5, 5.41) is 0. The van der Waals surface area contributed by atoms with E-state index in [1.807, 2.05) is 20.8 Å². The zero-order chi connectivity index (χ0) is 15.6. The summed E-state index contributed by atoms with van der Waals surface area (Å²) in [5.74, 6) is 0.543. The van der Waals surface area contributed by atoms with E-state index >= 15 is 0 Å². The number of aromatic nitrogens is 1. The standard InChI is InChI=1S/C17H21FN2O/c1-10-5-6-14(18)13(7-10)15(19)8-16-12(3)17(21-4)11(2)9-20-16/h5-7,9,15H,8,19H2,1-4H3. The molecule has 0 amide bonds. The number of benzene rings is 1. The Morgan fingerprint density at radius 2 is 2.00 bits per heavy atom. The molecule has 4 heteroatoms. The molecular weight excluding hydrogens is 267 g/mol. The monoisotopic (exact) mass is 288 g/mol. The van der Waals surface area contributed by atoms with Crippen LogP contribution in [0.15, 0.2) is 24.4 Å². The van der Waals surface area contributed by atoms with Crippen molar-refractivity contribution in [2.75, 3.05) is 7.11 Å². The van der Waals surface area contributed by atoms with Crippen LogP contribution < -0.4 is 10.5 Å². The number of hydrogen-bond donors (Lipinski definition) is 1. The molecule has 0 fully saturated rings. The van der Waals surface area contributed by atoms with Gasteiger partial charge in [0.1, 0.15) is 11.6 Å². The van der Waals surface area contributed by atoms with Gasteiger partial charge >= 0.3 is 0 Å². The molecule has 1 aromatic carbocycles. The lowest BCUT2D eigenvalue weighted by molar-refractivity contribution is 0.406. The van der Waals surface area contributed by atoms with E-state index < -0.39 is 6.04 Å². The van der Waals surface area contributed by atoms with E-state index in [4.69, 9.17) is 10.5 Å². The molecule has 1 atom stereocenters. The molecule has 21 heavy (non-hydrogen) atoms. The fourth-order valence-corrected chi connectivity index (χ4v) is 2.54. The summed E-state index contributed by atoms with van der Waals surface area (Å²) < 4.78 is 19.3. The summed E-state index contributed by atoms with van der Waals surface area (Å²) >= 11 is 0. The van der Waals surface area contributed by atoms with Gasteiger partial charge in [-0.3, -0.25) is 4.98 Å². The predicted molar refractivity (Wildman–Crippen MR) is 82.0 cm³/mol. The number of rotatable bonds is 4. The highest BCUT2D eigenvalue weighted by molar-refractivity contribution is 5.41. The minimum Gasteiger partial charge on any atom is -0.496 e. The number of pyridine rings is 1. The van der Waals surface area contributed by atoms with Gasteiger partial charge in [-0.25, -0.2) is 4.39 Å². The number of ether oxygens (including phenoxy) is 1. The lowest BCUT2D eigenvalue weighted by Gasteiger charge is -2.17. The van der Waals surface area contributed by atoms with Crippen molar-refractivity contribution in [2.45, 2.75) is 33.2 Å². The van der Waals surface area contributed by atoms with Crippen LogP contribution in [0.25, 0.3) is 0 Å². The highest BCUT2D eigenvalue weighted by Gasteiger charge is 2.16. The highest BCUT2D eigenvalue weighted by atomic mass is 19.1. The van der Waals surface area contributed by atoms with Crippen LogP contribution in [0.3, 0.4) is 0 Å². The molecule has 0 aliphatic rings. The van der Waals surface area contributed by atoms with E-state index in [1.165, 1.54) is 6.07 Å². The van der Waals surface area contributed by atoms with Crippen LogP contribution in [-0.4, -0.2) is 12.1 Å². The highest BCUT2D eigenvalue weighted by Crippen LogP contribution is 2.27. The summed E-state index contributed by atoms with van der Waals surface area (Å²) in [6.45, 7) is 5.82. The maximum absolute atomic E-state index is 13.9. The Bertz CT molecular complexity index is 655. The molecule has 0 aliphatic heterocycles. The quantitative estimate of drug-likeness (QED) is 0.938. The van der Waals surface area contributed by atoms with Gasteiger partial charge < -0.3 is 10.5 Å². The molecule has 1 unspecified atom stereocenters. The first-order chi connectivity index (χ1) is 9.93. The normalized spacial score (nSPS) is 12.3. The third-order valence-electron chi connectivity index (χ3n) is 3.71. The van der Waals surface area contributed by atoms with E-state index in [1.54, 1.807) is 25.4 Å². The number of hydrogen-bond acceptors (Lipinski definition) is 3. The number of nitrogens with two attached hydrogens (primary N) is 1. The fraction of sp³-hybridized carbons (Fsp3) is 0.353. The van der Waals surface area contributed by atoms with Crippen LogP contribution >= 0.6 is 0 Å². The van der Waals surface area contributed by atoms with Crippen molar-refractivity contribution in [3.05, 3.63) is 58.2 Å². The van der Waals surface area contributed by atoms with Crippen molar-refractivity contribution in [1.82, 2.24) is 4.98 Å². The van der Waals surface area contributed by atoms with Gasteiger partial charge in [0.2, 0.25) is 0 Å². The van der Waals surface area contributed by atoms with Crippen LogP contribution in [0.2, 0.25) is 0 Å². The fourth-order valence-electron chi connectivity index (χ4n) is 2.54. The largest absolute Gasteiger partial charge is 0.496 e. The van der Waals surface area contributed by atoms with E-state index in [0.717, 1.165) is 28.1 Å². The zero-order valence-electron chi connectivity index (χ0n) is 12.9. The van der Waals surface area contributed by atoms with Gasteiger partial charge in [0.25, 0.3) is 0 Å². The molecule has 1 heterocycles. The Morgan fingerprint density at radius 3 is 2.67 bits per heavy atom. The molecule has 0 bridgehead atoms. The lowest BCUT2D eigenvalue weighted by Crippen LogP contribution is -2.17. The van der Waals surface area contributed by atoms with Crippen LogP contribution in [0.5, 0.6) is 5.75 Å². The second-order valence-corrected chi connectivity index (χ2v) is 5.38. The Morgan fingerprint density at radius 1 is 1.29 bits per heavy atom. The van der Waals surface area contributed by atoms with Crippen molar-refractivity contribution in [3.8, 4) is 5.75 Å². The first-order valence-electron chi connectivity index (χ1n) is 6.94. The first kappa shape index (κ1) is 15.4. The molecule has 3 nitrogen and oxygen atoms in total. The van der Waals surface area contributed by atoms with Gasteiger partial charge in [0, 0.05) is 41.0 Å². The average molecular weight is 288 g/mol. The Balaban J connectivity index is 2.32. The molecular formula is C17H21FN2O. The third kappa shape index (κ3) is 3.22. The smallest absolute Gasteiger partial charge is 0.128 e. The first-order valence-corrected chi connectivity index (χ1v) is 6.94. The number of halogens is 1. The SMILES string of the molecule is COc1c(C)cnc(CC(N)c2cc(C)ccc2F)c1C. The molecule has 0 aliphatic carbocycles. The minimum atomic E-state index is -0.427. The van der Waals surface area contributed by atoms with Crippen LogP contribution in [0.1, 0.15) is 34.0 Å². The van der Waals surface area contributed by atoms with Crippen molar-refractivity contribution < 1.29 is 9.13 Å². The second-order valence-electron chi connectivity index (χ2n) is 5.38. The zero-order valence-corrected chi connectivity index (χ0v) is 12.9. The van der Waals surface area contributed by atoms with Gasteiger partial charge in [0.15, 0.2) is 0 Å². The molecule has 2 rings (SSSR count). The maximum Gasteiger partial charge on any atom is 0.128 e. The Kier molecular flexibility index (Phi) is 4.58. The number of methoxy groups -OCH3 is 1. The lowest BCUT2D eigenvalue weighted by atomic mass is 9.98. The molecule has 0 saturated carbocycles. The Labute approximate surface area is 125 Å². The minimum absolute atomic E-state index is 0.273. The molecule has 0 saturated heterocycles. The van der Waals surface area contributed by atoms with Crippen LogP contribution in [0, 0.1) is 26.6 Å². The van der Waals surface area contributed by atoms with E-state index in [-0.39, 0.29) is 5.82 Å². The van der Waals surface area contributed by atoms with Crippen LogP contribution in [0.4, 0.5) is 4.39 Å². The predicted octanol–water partition coefficient (Wildman–Crippen LogP) is 3.40. The van der Waals surface area contributed by atoms with Gasteiger partial charge in [-0.2, -0.15) is 0 Å². The summed E-state index contributed by atoms with van der Waals surface area (Å²) in [5.41, 5.74) is 10.5. The molecule has 0 radical (unpaired) electrons. The average Bonchev–Trinajstić information content (AvgIpc) is 2.45. The molecule has 1 aromatic heterocycles. The molecule has 112 valence electrons. The van der Waals surface area contributed by atoms with Gasteiger partial charge in [-0.15, -0.1) is 0 Å². The van der Waals surface area contributed by atoms with E-state index in [9.17, 15) is 4.39 Å². The van der Waals surface area contributed by atoms with Gasteiger partial charge in [-0.05, 0) is 26.8 Å². The van der Waals surface area contributed by atoms with Gasteiger partial charge in [-0.1, -0.05) is 17.7 Å². The van der Waals surface area contributed by atoms with E-state index in [2.05, 4.69) is 4.98 Å². The Hall–Kier alpha value is -1.94. The summed E-state index contributed by atoms with van der Waals surface area (Å²) in [6, 6.07) is 4.56. The van der Waals surface area contributed by atoms with Crippen molar-refractivity contribution in [1.29, 1.82) is 0 Å². The summed E-state index contributed by atoms with van der Waals surface area (Å²) in [4.78, 5) is 4.42. The third-order valence-corrected chi connectivity index (χ3v) is 3.71. The van der Waals surface area contributed by atoms with E-state index in [0.29, 0.717) is 12.0 Å². The molecule has 2 N–H and O–H groups in total. The van der Waals surface area contributed by atoms with Crippen molar-refractivity contribution in [3.63, 3.8) is 0 Å². The molecule has 2 aromatic rings. The maximum atomic E-state index is 13.9. The number of nitrogens with zero attached hydrogens (tertiary/aromatic N) is 1. The summed E-state index contributed by atoms with van der Waals surface area (Å²) in [6.07, 6.45) is 2.24. The summed E-state index contributed by atoms with van der Waals surface area (Å²) in [7, 11) is 1.64. The van der Waals surface area contributed by atoms with Crippen molar-refractivity contribution in [2.24, 2.45) is 5.73 Å². The van der Waals surface area contributed by atoms with Gasteiger partial charge in [0.05, 0.1) is 7.11 Å². The van der Waals surface area contributed by atoms with Crippen molar-refractivity contribution >= 4 is 0 Å².